The molecule has 7 nitrogen and oxygen atoms in total. The van der Waals surface area contributed by atoms with Crippen LogP contribution in [0.2, 0.25) is 0 Å². The molecule has 2 N–H and O–H groups in total. The summed E-state index contributed by atoms with van der Waals surface area (Å²) in [6.45, 7) is 3.72. The van der Waals surface area contributed by atoms with Crippen molar-refractivity contribution < 1.29 is 9.53 Å². The highest BCUT2D eigenvalue weighted by Gasteiger charge is 2.22. The van der Waals surface area contributed by atoms with Gasteiger partial charge in [-0.25, -0.2) is 4.98 Å². The zero-order valence-electron chi connectivity index (χ0n) is 18.2. The van der Waals surface area contributed by atoms with Crippen molar-refractivity contribution in [3.63, 3.8) is 0 Å². The van der Waals surface area contributed by atoms with E-state index in [1.54, 1.807) is 7.11 Å². The second kappa shape index (κ2) is 9.74. The number of carbonyl (C=O) groups is 1. The van der Waals surface area contributed by atoms with Crippen LogP contribution >= 0.6 is 11.3 Å². The maximum Gasteiger partial charge on any atom is 0.264 e. The van der Waals surface area contributed by atoms with Gasteiger partial charge >= 0.3 is 0 Å². The van der Waals surface area contributed by atoms with Gasteiger partial charge in [0.2, 0.25) is 0 Å². The van der Waals surface area contributed by atoms with Crippen LogP contribution in [0, 0.1) is 0 Å². The average molecular weight is 440 g/mol. The summed E-state index contributed by atoms with van der Waals surface area (Å²) in [5.41, 5.74) is 8.41. The van der Waals surface area contributed by atoms with Crippen LogP contribution in [0.3, 0.4) is 0 Å². The zero-order chi connectivity index (χ0) is 21.8. The highest BCUT2D eigenvalue weighted by Crippen LogP contribution is 2.28. The highest BCUT2D eigenvalue weighted by atomic mass is 32.1. The molecule has 1 aromatic carbocycles. The number of likely N-dealkylation sites (N-methyl/N-ethyl adjacent to an activating group) is 1. The number of pyridine rings is 1. The standard InChI is InChI=1S/C23H29N5O2S/c1-27(2)9-10-28(15-16-5-4-6-19(11-16)30-3)23(29)21-12-17-7-8-20(26-22(17)31-21)18-13-24-25-14-18/h4-8,11-12,18,24-25H,9-10,13-15H2,1-3H3. The summed E-state index contributed by atoms with van der Waals surface area (Å²) < 4.78 is 5.35. The first-order valence-corrected chi connectivity index (χ1v) is 11.3. The van der Waals surface area contributed by atoms with E-state index in [0.717, 1.165) is 51.7 Å². The molecule has 0 radical (unpaired) electrons. The molecule has 0 unspecified atom stereocenters. The number of amides is 1. The van der Waals surface area contributed by atoms with Crippen molar-refractivity contribution in [1.82, 2.24) is 25.6 Å². The van der Waals surface area contributed by atoms with Crippen LogP contribution in [0.5, 0.6) is 5.75 Å². The molecule has 4 rings (SSSR count). The monoisotopic (exact) mass is 439 g/mol. The number of hydrogen-bond acceptors (Lipinski definition) is 7. The first-order valence-electron chi connectivity index (χ1n) is 10.5. The number of nitrogens with zero attached hydrogens (tertiary/aromatic N) is 3. The van der Waals surface area contributed by atoms with Crippen molar-refractivity contribution in [2.24, 2.45) is 0 Å². The van der Waals surface area contributed by atoms with Gasteiger partial charge in [0.25, 0.3) is 5.91 Å². The van der Waals surface area contributed by atoms with Gasteiger partial charge in [0.1, 0.15) is 10.6 Å². The molecular formula is C23H29N5O2S. The first kappa shape index (κ1) is 21.7. The lowest BCUT2D eigenvalue weighted by Crippen LogP contribution is -2.35. The summed E-state index contributed by atoms with van der Waals surface area (Å²) in [4.78, 5) is 24.0. The Kier molecular flexibility index (Phi) is 6.82. The molecule has 3 heterocycles. The fourth-order valence-electron chi connectivity index (χ4n) is 3.66. The van der Waals surface area contributed by atoms with Crippen LogP contribution in [0.4, 0.5) is 0 Å². The van der Waals surface area contributed by atoms with Crippen LogP contribution in [0.1, 0.15) is 26.8 Å². The summed E-state index contributed by atoms with van der Waals surface area (Å²) in [5.74, 6) is 1.20. The van der Waals surface area contributed by atoms with E-state index in [2.05, 4.69) is 27.9 Å². The van der Waals surface area contributed by atoms with Gasteiger partial charge in [-0.2, -0.15) is 0 Å². The second-order valence-electron chi connectivity index (χ2n) is 8.08. The molecular weight excluding hydrogens is 410 g/mol. The number of carbonyl (C=O) groups excluding carboxylic acids is 1. The van der Waals surface area contributed by atoms with Gasteiger partial charge in [0.05, 0.1) is 12.0 Å². The molecule has 1 amide bonds. The van der Waals surface area contributed by atoms with E-state index in [9.17, 15) is 4.79 Å². The molecule has 1 aliphatic heterocycles. The van der Waals surface area contributed by atoms with E-state index >= 15 is 0 Å². The van der Waals surface area contributed by atoms with Crippen molar-refractivity contribution >= 4 is 27.5 Å². The number of hydrazine groups is 1. The van der Waals surface area contributed by atoms with Crippen molar-refractivity contribution in [2.45, 2.75) is 12.5 Å². The Balaban J connectivity index is 1.57. The molecule has 0 saturated carbocycles. The topological polar surface area (TPSA) is 69.7 Å². The molecule has 0 bridgehead atoms. The molecule has 8 heteroatoms. The molecule has 1 aliphatic rings. The molecule has 31 heavy (non-hydrogen) atoms. The third kappa shape index (κ3) is 5.22. The number of nitrogens with one attached hydrogen (secondary N) is 2. The Morgan fingerprint density at radius 2 is 1.97 bits per heavy atom. The maximum absolute atomic E-state index is 13.5. The molecule has 164 valence electrons. The molecule has 1 saturated heterocycles. The molecule has 0 aliphatic carbocycles. The number of thiophene rings is 1. The fourth-order valence-corrected chi connectivity index (χ4v) is 4.66. The highest BCUT2D eigenvalue weighted by molar-refractivity contribution is 7.20. The van der Waals surface area contributed by atoms with Crippen molar-refractivity contribution in [2.75, 3.05) is 47.4 Å². The third-order valence-electron chi connectivity index (χ3n) is 5.47. The number of ether oxygens (including phenoxy) is 1. The summed E-state index contributed by atoms with van der Waals surface area (Å²) in [7, 11) is 5.70. The largest absolute Gasteiger partial charge is 0.497 e. The number of fused-ring (bicyclic) bond motifs is 1. The van der Waals surface area contributed by atoms with Gasteiger partial charge in [0, 0.05) is 49.7 Å². The lowest BCUT2D eigenvalue weighted by Gasteiger charge is -2.24. The normalized spacial score (nSPS) is 14.5. The van der Waals surface area contributed by atoms with Gasteiger partial charge in [-0.1, -0.05) is 18.2 Å². The van der Waals surface area contributed by atoms with Gasteiger partial charge in [-0.05, 0) is 43.9 Å². The van der Waals surface area contributed by atoms with Gasteiger partial charge in [0.15, 0.2) is 0 Å². The summed E-state index contributed by atoms with van der Waals surface area (Å²) in [5, 5.41) is 1.02. The average Bonchev–Trinajstić information content (AvgIpc) is 3.45. The minimum atomic E-state index is 0.0402. The Morgan fingerprint density at radius 3 is 2.71 bits per heavy atom. The van der Waals surface area contributed by atoms with Crippen LogP contribution < -0.4 is 15.6 Å². The van der Waals surface area contributed by atoms with E-state index in [4.69, 9.17) is 9.72 Å². The van der Waals surface area contributed by atoms with Crippen LogP contribution in [0.15, 0.2) is 42.5 Å². The lowest BCUT2D eigenvalue weighted by molar-refractivity contribution is 0.0737. The quantitative estimate of drug-likeness (QED) is 0.563. The fraction of sp³-hybridized carbons (Fsp3) is 0.391. The molecule has 0 spiro atoms. The van der Waals surface area contributed by atoms with Crippen LogP contribution in [0.25, 0.3) is 10.2 Å². The van der Waals surface area contributed by atoms with Crippen molar-refractivity contribution in [3.05, 3.63) is 58.6 Å². The number of benzene rings is 1. The SMILES string of the molecule is COc1cccc(CN(CCN(C)C)C(=O)c2cc3ccc(C4CNNC4)nc3s2)c1. The minimum Gasteiger partial charge on any atom is -0.497 e. The van der Waals surface area contributed by atoms with E-state index < -0.39 is 0 Å². The maximum atomic E-state index is 13.5. The predicted molar refractivity (Wildman–Crippen MR) is 125 cm³/mol. The predicted octanol–water partition coefficient (Wildman–Crippen LogP) is 2.70. The smallest absolute Gasteiger partial charge is 0.264 e. The number of hydrogen-bond donors (Lipinski definition) is 2. The van der Waals surface area contributed by atoms with Gasteiger partial charge in [-0.3, -0.25) is 15.6 Å². The Labute approximate surface area is 187 Å². The van der Waals surface area contributed by atoms with E-state index in [0.29, 0.717) is 19.0 Å². The molecule has 0 atom stereocenters. The lowest BCUT2D eigenvalue weighted by atomic mass is 10.1. The van der Waals surface area contributed by atoms with Crippen molar-refractivity contribution in [1.29, 1.82) is 0 Å². The Bertz CT molecular complexity index is 1050. The van der Waals surface area contributed by atoms with E-state index in [1.807, 2.05) is 49.3 Å². The van der Waals surface area contributed by atoms with Gasteiger partial charge in [-0.15, -0.1) is 11.3 Å². The van der Waals surface area contributed by atoms with Crippen LogP contribution in [-0.2, 0) is 6.54 Å². The molecule has 3 aromatic rings. The Hall–Kier alpha value is -2.52. The van der Waals surface area contributed by atoms with E-state index in [-0.39, 0.29) is 5.91 Å². The summed E-state index contributed by atoms with van der Waals surface area (Å²) in [6.07, 6.45) is 0. The molecule has 1 fully saturated rings. The summed E-state index contributed by atoms with van der Waals surface area (Å²) >= 11 is 1.48. The zero-order valence-corrected chi connectivity index (χ0v) is 19.0. The van der Waals surface area contributed by atoms with Crippen molar-refractivity contribution in [3.8, 4) is 5.75 Å². The summed E-state index contributed by atoms with van der Waals surface area (Å²) in [6, 6.07) is 14.0. The second-order valence-corrected chi connectivity index (χ2v) is 9.11. The third-order valence-corrected chi connectivity index (χ3v) is 6.50. The van der Waals surface area contributed by atoms with Crippen LogP contribution in [-0.4, -0.2) is 68.1 Å². The Morgan fingerprint density at radius 1 is 1.16 bits per heavy atom. The minimum absolute atomic E-state index is 0.0402. The number of rotatable bonds is 8. The first-order chi connectivity index (χ1) is 15.0. The number of aromatic nitrogens is 1. The van der Waals surface area contributed by atoms with Gasteiger partial charge < -0.3 is 14.5 Å². The molecule has 2 aromatic heterocycles. The number of methoxy groups -OCH3 is 1. The van der Waals surface area contributed by atoms with E-state index in [1.165, 1.54) is 11.3 Å².